The van der Waals surface area contributed by atoms with Crippen molar-refractivity contribution in [2.24, 2.45) is 0 Å². The number of rotatable bonds is 3. The minimum Gasteiger partial charge on any atom is -0.256 e. The zero-order chi connectivity index (χ0) is 13.6. The number of sulfonamides is 1. The average molecular weight is 268 g/mol. The molecule has 100 valence electrons. The first-order chi connectivity index (χ1) is 8.24. The smallest absolute Gasteiger partial charge is 0.238 e. The zero-order valence-electron chi connectivity index (χ0n) is 11.3. The molecule has 5 heteroatoms. The van der Waals surface area contributed by atoms with Gasteiger partial charge in [-0.3, -0.25) is 4.31 Å². The van der Waals surface area contributed by atoms with Crippen molar-refractivity contribution in [2.45, 2.75) is 44.3 Å². The predicted molar refractivity (Wildman–Crippen MR) is 73.3 cm³/mol. The third-order valence-corrected chi connectivity index (χ3v) is 5.47. The summed E-state index contributed by atoms with van der Waals surface area (Å²) in [7, 11) is -1.63. The monoisotopic (exact) mass is 268 g/mol. The van der Waals surface area contributed by atoms with E-state index in [-0.39, 0.29) is 10.7 Å². The van der Waals surface area contributed by atoms with E-state index in [0.29, 0.717) is 5.82 Å². The SMILES string of the molecule is CN(c1ncccc1C(C)(C)C)S(=O)(=O)C1CC1. The van der Waals surface area contributed by atoms with Crippen LogP contribution in [0.2, 0.25) is 0 Å². The van der Waals surface area contributed by atoms with Crippen molar-refractivity contribution in [3.63, 3.8) is 0 Å². The fourth-order valence-corrected chi connectivity index (χ4v) is 3.51. The Morgan fingerprint density at radius 2 is 1.94 bits per heavy atom. The summed E-state index contributed by atoms with van der Waals surface area (Å²) >= 11 is 0. The van der Waals surface area contributed by atoms with Gasteiger partial charge in [-0.05, 0) is 24.3 Å². The summed E-state index contributed by atoms with van der Waals surface area (Å²) in [4.78, 5) is 4.27. The molecular formula is C13H20N2O2S. The van der Waals surface area contributed by atoms with E-state index < -0.39 is 10.0 Å². The molecule has 2 rings (SSSR count). The minimum atomic E-state index is -3.23. The number of hydrogen-bond donors (Lipinski definition) is 0. The van der Waals surface area contributed by atoms with Crippen molar-refractivity contribution >= 4 is 15.8 Å². The lowest BCUT2D eigenvalue weighted by molar-refractivity contribution is 0.581. The molecule has 1 aliphatic rings. The third-order valence-electron chi connectivity index (χ3n) is 3.22. The van der Waals surface area contributed by atoms with Gasteiger partial charge in [-0.1, -0.05) is 26.8 Å². The number of nitrogens with zero attached hydrogens (tertiary/aromatic N) is 2. The van der Waals surface area contributed by atoms with Gasteiger partial charge in [0.1, 0.15) is 5.82 Å². The van der Waals surface area contributed by atoms with E-state index in [1.807, 2.05) is 12.1 Å². The van der Waals surface area contributed by atoms with Crippen LogP contribution >= 0.6 is 0 Å². The molecule has 0 spiro atoms. The highest BCUT2D eigenvalue weighted by Crippen LogP contribution is 2.36. The van der Waals surface area contributed by atoms with Crippen LogP contribution in [-0.4, -0.2) is 25.7 Å². The first kappa shape index (κ1) is 13.3. The highest BCUT2D eigenvalue weighted by Gasteiger charge is 2.40. The van der Waals surface area contributed by atoms with Crippen LogP contribution in [0, 0.1) is 0 Å². The lowest BCUT2D eigenvalue weighted by Gasteiger charge is -2.27. The molecular weight excluding hydrogens is 248 g/mol. The average Bonchev–Trinajstić information content (AvgIpc) is 3.11. The Morgan fingerprint density at radius 3 is 2.44 bits per heavy atom. The summed E-state index contributed by atoms with van der Waals surface area (Å²) in [5.74, 6) is 0.553. The largest absolute Gasteiger partial charge is 0.256 e. The molecule has 1 aromatic rings. The topological polar surface area (TPSA) is 50.3 Å². The van der Waals surface area contributed by atoms with E-state index in [9.17, 15) is 8.42 Å². The molecule has 0 N–H and O–H groups in total. The van der Waals surface area contributed by atoms with E-state index in [0.717, 1.165) is 18.4 Å². The normalized spacial score (nSPS) is 16.7. The molecule has 0 amide bonds. The van der Waals surface area contributed by atoms with Gasteiger partial charge in [-0.15, -0.1) is 0 Å². The van der Waals surface area contributed by atoms with Crippen LogP contribution in [0.15, 0.2) is 18.3 Å². The Hall–Kier alpha value is -1.10. The molecule has 1 heterocycles. The van der Waals surface area contributed by atoms with Crippen molar-refractivity contribution in [3.8, 4) is 0 Å². The van der Waals surface area contributed by atoms with Gasteiger partial charge in [0.05, 0.1) is 5.25 Å². The first-order valence-electron chi connectivity index (χ1n) is 6.18. The highest BCUT2D eigenvalue weighted by molar-refractivity contribution is 7.93. The van der Waals surface area contributed by atoms with Gasteiger partial charge in [0.25, 0.3) is 0 Å². The van der Waals surface area contributed by atoms with Crippen molar-refractivity contribution in [1.82, 2.24) is 4.98 Å². The molecule has 0 aromatic carbocycles. The van der Waals surface area contributed by atoms with Crippen LogP contribution in [0.5, 0.6) is 0 Å². The highest BCUT2D eigenvalue weighted by atomic mass is 32.2. The molecule has 4 nitrogen and oxygen atoms in total. The van der Waals surface area contributed by atoms with E-state index >= 15 is 0 Å². The second kappa shape index (κ2) is 4.23. The van der Waals surface area contributed by atoms with Gasteiger partial charge >= 0.3 is 0 Å². The van der Waals surface area contributed by atoms with E-state index in [1.165, 1.54) is 4.31 Å². The number of aromatic nitrogens is 1. The van der Waals surface area contributed by atoms with Crippen molar-refractivity contribution < 1.29 is 8.42 Å². The minimum absolute atomic E-state index is 0.128. The maximum atomic E-state index is 12.3. The quantitative estimate of drug-likeness (QED) is 0.845. The zero-order valence-corrected chi connectivity index (χ0v) is 12.2. The summed E-state index contributed by atoms with van der Waals surface area (Å²) < 4.78 is 25.9. The molecule has 0 radical (unpaired) electrons. The Morgan fingerprint density at radius 1 is 1.33 bits per heavy atom. The molecule has 0 unspecified atom stereocenters. The number of pyridine rings is 1. The Kier molecular flexibility index (Phi) is 3.13. The maximum absolute atomic E-state index is 12.3. The molecule has 1 aromatic heterocycles. The molecule has 0 saturated heterocycles. The summed E-state index contributed by atoms with van der Waals surface area (Å²) in [5, 5.41) is -0.211. The Bertz CT molecular complexity index is 542. The molecule has 0 atom stereocenters. The fraction of sp³-hybridized carbons (Fsp3) is 0.615. The molecule has 1 aliphatic carbocycles. The number of anilines is 1. The molecule has 1 fully saturated rings. The fourth-order valence-electron chi connectivity index (χ4n) is 1.94. The van der Waals surface area contributed by atoms with Gasteiger partial charge in [-0.25, -0.2) is 13.4 Å². The third kappa shape index (κ3) is 2.36. The Labute approximate surface area is 109 Å². The summed E-state index contributed by atoms with van der Waals surface area (Å²) in [6.45, 7) is 6.18. The van der Waals surface area contributed by atoms with E-state index in [2.05, 4.69) is 25.8 Å². The summed E-state index contributed by atoms with van der Waals surface area (Å²) in [6, 6.07) is 3.79. The summed E-state index contributed by atoms with van der Waals surface area (Å²) in [6.07, 6.45) is 3.18. The molecule has 1 saturated carbocycles. The molecule has 0 aliphatic heterocycles. The standard InChI is InChI=1S/C13H20N2O2S/c1-13(2,3)11-6-5-9-14-12(11)15(4)18(16,17)10-7-8-10/h5-6,9-10H,7-8H2,1-4H3. The van der Waals surface area contributed by atoms with E-state index in [1.54, 1.807) is 13.2 Å². The van der Waals surface area contributed by atoms with Gasteiger partial charge in [-0.2, -0.15) is 0 Å². The van der Waals surface area contributed by atoms with Gasteiger partial charge in [0.2, 0.25) is 10.0 Å². The van der Waals surface area contributed by atoms with E-state index in [4.69, 9.17) is 0 Å². The second-order valence-corrected chi connectivity index (χ2v) is 8.08. The van der Waals surface area contributed by atoms with Crippen LogP contribution in [-0.2, 0) is 15.4 Å². The maximum Gasteiger partial charge on any atom is 0.238 e. The second-order valence-electron chi connectivity index (χ2n) is 5.84. The van der Waals surface area contributed by atoms with Crippen LogP contribution in [0.25, 0.3) is 0 Å². The van der Waals surface area contributed by atoms with Crippen molar-refractivity contribution in [1.29, 1.82) is 0 Å². The summed E-state index contributed by atoms with van der Waals surface area (Å²) in [5.41, 5.74) is 0.827. The van der Waals surface area contributed by atoms with Gasteiger partial charge in [0.15, 0.2) is 0 Å². The van der Waals surface area contributed by atoms with Gasteiger partial charge in [0, 0.05) is 18.8 Å². The van der Waals surface area contributed by atoms with Gasteiger partial charge < -0.3 is 0 Å². The molecule has 18 heavy (non-hydrogen) atoms. The lowest BCUT2D eigenvalue weighted by Crippen LogP contribution is -2.32. The first-order valence-corrected chi connectivity index (χ1v) is 7.68. The van der Waals surface area contributed by atoms with Crippen molar-refractivity contribution in [3.05, 3.63) is 23.9 Å². The van der Waals surface area contributed by atoms with Crippen LogP contribution in [0.4, 0.5) is 5.82 Å². The Balaban J connectivity index is 2.45. The lowest BCUT2D eigenvalue weighted by atomic mass is 9.87. The van der Waals surface area contributed by atoms with Crippen LogP contribution in [0.3, 0.4) is 0 Å². The molecule has 0 bridgehead atoms. The van der Waals surface area contributed by atoms with Crippen LogP contribution in [0.1, 0.15) is 39.2 Å². The van der Waals surface area contributed by atoms with Crippen molar-refractivity contribution in [2.75, 3.05) is 11.4 Å². The predicted octanol–water partition coefficient (Wildman–Crippen LogP) is 2.31. The van der Waals surface area contributed by atoms with Crippen LogP contribution < -0.4 is 4.31 Å². The number of hydrogen-bond acceptors (Lipinski definition) is 3.